The Morgan fingerprint density at radius 2 is 1.75 bits per heavy atom. The van der Waals surface area contributed by atoms with E-state index in [9.17, 15) is 14.0 Å². The Kier molecular flexibility index (Phi) is 5.43. The molecule has 0 bridgehead atoms. The quantitative estimate of drug-likeness (QED) is 0.496. The zero-order chi connectivity index (χ0) is 20.6. The fourth-order valence-electron chi connectivity index (χ4n) is 2.89. The second kappa shape index (κ2) is 7.50. The molecule has 0 saturated heterocycles. The van der Waals surface area contributed by atoms with Crippen LogP contribution in [0.15, 0.2) is 38.9 Å². The highest BCUT2D eigenvalue weighted by molar-refractivity contribution is 7.98. The third-order valence-corrected chi connectivity index (χ3v) is 5.35. The number of rotatable bonds is 4. The van der Waals surface area contributed by atoms with Crippen molar-refractivity contribution in [1.82, 2.24) is 19.1 Å². The predicted octanol–water partition coefficient (Wildman–Crippen LogP) is 3.05. The second-order valence-corrected chi connectivity index (χ2v) is 8.93. The molecule has 0 radical (unpaired) electrons. The van der Waals surface area contributed by atoms with Crippen LogP contribution in [-0.4, -0.2) is 19.1 Å². The van der Waals surface area contributed by atoms with Gasteiger partial charge < -0.3 is 0 Å². The van der Waals surface area contributed by atoms with Crippen LogP contribution in [0, 0.1) is 11.2 Å². The molecule has 0 aliphatic heterocycles. The lowest BCUT2D eigenvalue weighted by Gasteiger charge is -2.18. The molecule has 0 unspecified atom stereocenters. The third-order valence-electron chi connectivity index (χ3n) is 4.32. The van der Waals surface area contributed by atoms with Gasteiger partial charge in [0.1, 0.15) is 22.1 Å². The summed E-state index contributed by atoms with van der Waals surface area (Å²) in [5.74, 6) is 0.572. The van der Waals surface area contributed by atoms with Crippen LogP contribution in [0.3, 0.4) is 0 Å². The summed E-state index contributed by atoms with van der Waals surface area (Å²) in [7, 11) is 3.02. The topological polar surface area (TPSA) is 69.8 Å². The summed E-state index contributed by atoms with van der Waals surface area (Å²) < 4.78 is 16.4. The number of hydrogen-bond acceptors (Lipinski definition) is 5. The zero-order valence-electron chi connectivity index (χ0n) is 16.6. The fraction of sp³-hybridized carbons (Fsp3) is 0.400. The Labute approximate surface area is 166 Å². The lowest BCUT2D eigenvalue weighted by Crippen LogP contribution is -2.38. The first-order valence-electron chi connectivity index (χ1n) is 8.91. The summed E-state index contributed by atoms with van der Waals surface area (Å²) in [6.45, 7) is 6.20. The molecule has 0 saturated carbocycles. The lowest BCUT2D eigenvalue weighted by molar-refractivity contribution is 0.399. The predicted molar refractivity (Wildman–Crippen MR) is 109 cm³/mol. The standard InChI is InChI=1S/C20H23FN4O2S/c1-20(2,3)10-14-22-16-15(18(26)25(5)19(27)24(16)4)17(23-14)28-11-12-8-6-7-9-13(12)21/h6-9H,10-11H2,1-5H3. The third kappa shape index (κ3) is 4.01. The summed E-state index contributed by atoms with van der Waals surface area (Å²) >= 11 is 1.27. The van der Waals surface area contributed by atoms with Gasteiger partial charge in [0, 0.05) is 26.3 Å². The Bertz CT molecular complexity index is 1160. The molecule has 8 heteroatoms. The first-order chi connectivity index (χ1) is 13.1. The van der Waals surface area contributed by atoms with E-state index >= 15 is 0 Å². The highest BCUT2D eigenvalue weighted by atomic mass is 32.2. The number of aryl methyl sites for hydroxylation is 1. The van der Waals surface area contributed by atoms with E-state index < -0.39 is 11.2 Å². The zero-order valence-corrected chi connectivity index (χ0v) is 17.4. The average molecular weight is 402 g/mol. The number of halogens is 1. The summed E-state index contributed by atoms with van der Waals surface area (Å²) in [6, 6.07) is 6.51. The minimum Gasteiger partial charge on any atom is -0.280 e. The van der Waals surface area contributed by atoms with Crippen molar-refractivity contribution in [1.29, 1.82) is 0 Å². The van der Waals surface area contributed by atoms with Gasteiger partial charge in [0.05, 0.1) is 0 Å². The molecule has 2 heterocycles. The summed E-state index contributed by atoms with van der Waals surface area (Å²) in [5.41, 5.74) is -0.129. The van der Waals surface area contributed by atoms with Crippen LogP contribution in [0.2, 0.25) is 0 Å². The van der Waals surface area contributed by atoms with Crippen LogP contribution >= 0.6 is 11.8 Å². The van der Waals surface area contributed by atoms with Crippen LogP contribution < -0.4 is 11.2 Å². The number of fused-ring (bicyclic) bond motifs is 1. The molecule has 0 fully saturated rings. The van der Waals surface area contributed by atoms with Crippen LogP contribution in [0.4, 0.5) is 4.39 Å². The number of thioether (sulfide) groups is 1. The number of nitrogens with zero attached hydrogens (tertiary/aromatic N) is 4. The van der Waals surface area contributed by atoms with Gasteiger partial charge in [0.25, 0.3) is 5.56 Å². The molecule has 2 aromatic heterocycles. The van der Waals surface area contributed by atoms with Gasteiger partial charge in [-0.1, -0.05) is 39.0 Å². The average Bonchev–Trinajstić information content (AvgIpc) is 2.62. The number of aromatic nitrogens is 4. The van der Waals surface area contributed by atoms with Gasteiger partial charge in [-0.15, -0.1) is 11.8 Å². The van der Waals surface area contributed by atoms with Crippen molar-refractivity contribution in [3.8, 4) is 0 Å². The molecule has 0 spiro atoms. The number of hydrogen-bond donors (Lipinski definition) is 0. The summed E-state index contributed by atoms with van der Waals surface area (Å²) in [4.78, 5) is 34.2. The number of benzene rings is 1. The van der Waals surface area contributed by atoms with Crippen LogP contribution in [-0.2, 0) is 26.3 Å². The van der Waals surface area contributed by atoms with Crippen molar-refractivity contribution in [2.75, 3.05) is 0 Å². The van der Waals surface area contributed by atoms with E-state index in [1.54, 1.807) is 25.2 Å². The molecular formula is C20H23FN4O2S. The largest absolute Gasteiger partial charge is 0.332 e. The molecule has 0 amide bonds. The van der Waals surface area contributed by atoms with Crippen molar-refractivity contribution < 1.29 is 4.39 Å². The van der Waals surface area contributed by atoms with Gasteiger partial charge in [-0.3, -0.25) is 13.9 Å². The van der Waals surface area contributed by atoms with E-state index in [2.05, 4.69) is 30.7 Å². The van der Waals surface area contributed by atoms with Gasteiger partial charge in [-0.2, -0.15) is 0 Å². The monoisotopic (exact) mass is 402 g/mol. The maximum atomic E-state index is 14.0. The SMILES string of the molecule is Cn1c(=O)c2c(SCc3ccccc3F)nc(CC(C)(C)C)nc2n(C)c1=O. The van der Waals surface area contributed by atoms with Gasteiger partial charge in [0.15, 0.2) is 5.65 Å². The Balaban J connectivity index is 2.19. The van der Waals surface area contributed by atoms with E-state index in [-0.39, 0.29) is 16.6 Å². The van der Waals surface area contributed by atoms with Crippen molar-refractivity contribution in [3.05, 3.63) is 62.3 Å². The highest BCUT2D eigenvalue weighted by Crippen LogP contribution is 2.28. The lowest BCUT2D eigenvalue weighted by atomic mass is 9.92. The smallest absolute Gasteiger partial charge is 0.280 e. The van der Waals surface area contributed by atoms with E-state index in [4.69, 9.17) is 0 Å². The second-order valence-electron chi connectivity index (χ2n) is 7.97. The molecule has 3 rings (SSSR count). The molecule has 1 aromatic carbocycles. The van der Waals surface area contributed by atoms with Crippen LogP contribution in [0.25, 0.3) is 11.0 Å². The van der Waals surface area contributed by atoms with Gasteiger partial charge in [0.2, 0.25) is 0 Å². The minimum absolute atomic E-state index is 0.0697. The molecule has 0 aliphatic carbocycles. The summed E-state index contributed by atoms with van der Waals surface area (Å²) in [5, 5.41) is 0.743. The van der Waals surface area contributed by atoms with Crippen molar-refractivity contribution in [3.63, 3.8) is 0 Å². The highest BCUT2D eigenvalue weighted by Gasteiger charge is 2.20. The van der Waals surface area contributed by atoms with Gasteiger partial charge in [-0.05, 0) is 17.0 Å². The molecule has 0 N–H and O–H groups in total. The van der Waals surface area contributed by atoms with Crippen molar-refractivity contribution in [2.45, 2.75) is 38.0 Å². The van der Waals surface area contributed by atoms with Gasteiger partial charge in [-0.25, -0.2) is 19.2 Å². The normalized spacial score (nSPS) is 11.9. The molecule has 148 valence electrons. The van der Waals surface area contributed by atoms with Crippen LogP contribution in [0.1, 0.15) is 32.2 Å². The first-order valence-corrected chi connectivity index (χ1v) is 9.90. The van der Waals surface area contributed by atoms with Crippen molar-refractivity contribution in [2.24, 2.45) is 19.5 Å². The van der Waals surface area contributed by atoms with E-state index in [0.717, 1.165) is 4.57 Å². The Morgan fingerprint density at radius 1 is 1.07 bits per heavy atom. The summed E-state index contributed by atoms with van der Waals surface area (Å²) in [6.07, 6.45) is 0.583. The van der Waals surface area contributed by atoms with E-state index in [0.29, 0.717) is 34.2 Å². The first kappa shape index (κ1) is 20.3. The molecule has 28 heavy (non-hydrogen) atoms. The molecule has 0 aliphatic rings. The van der Waals surface area contributed by atoms with E-state index in [1.807, 2.05) is 0 Å². The molecule has 0 atom stereocenters. The Morgan fingerprint density at radius 3 is 2.39 bits per heavy atom. The van der Waals surface area contributed by atoms with E-state index in [1.165, 1.54) is 29.4 Å². The minimum atomic E-state index is -0.448. The fourth-order valence-corrected chi connectivity index (χ4v) is 3.91. The van der Waals surface area contributed by atoms with Crippen LogP contribution in [0.5, 0.6) is 0 Å². The van der Waals surface area contributed by atoms with Crippen molar-refractivity contribution >= 4 is 22.8 Å². The maximum Gasteiger partial charge on any atom is 0.332 e. The molecular weight excluding hydrogens is 379 g/mol. The Hall–Kier alpha value is -2.48. The van der Waals surface area contributed by atoms with Gasteiger partial charge >= 0.3 is 5.69 Å². The molecule has 3 aromatic rings. The molecule has 6 nitrogen and oxygen atoms in total. The maximum absolute atomic E-state index is 14.0.